The van der Waals surface area contributed by atoms with Gasteiger partial charge < -0.3 is 15.3 Å². The van der Waals surface area contributed by atoms with Gasteiger partial charge in [0, 0.05) is 25.2 Å². The number of amides is 2. The molecule has 25 heavy (non-hydrogen) atoms. The third-order valence-corrected chi connectivity index (χ3v) is 4.41. The van der Waals surface area contributed by atoms with Gasteiger partial charge in [-0.3, -0.25) is 10.1 Å². The molecular weight excluding hydrogens is 322 g/mol. The number of non-ortho nitro benzene ring substituents is 1. The Labute approximate surface area is 145 Å². The molecule has 130 valence electrons. The lowest BCUT2D eigenvalue weighted by Crippen LogP contribution is -2.43. The van der Waals surface area contributed by atoms with E-state index >= 15 is 0 Å². The van der Waals surface area contributed by atoms with Crippen molar-refractivity contribution in [1.29, 1.82) is 0 Å². The first-order chi connectivity index (χ1) is 11.9. The summed E-state index contributed by atoms with van der Waals surface area (Å²) in [4.78, 5) is 24.6. The highest BCUT2D eigenvalue weighted by Gasteiger charge is 2.22. The Kier molecular flexibility index (Phi) is 4.56. The quantitative estimate of drug-likeness (QED) is 0.662. The molecule has 3 rings (SSSR count). The molecule has 0 radical (unpaired) electrons. The molecule has 2 aromatic carbocycles. The van der Waals surface area contributed by atoms with Crippen LogP contribution < -0.4 is 5.32 Å². The lowest BCUT2D eigenvalue weighted by Gasteiger charge is -2.30. The van der Waals surface area contributed by atoms with E-state index in [1.165, 1.54) is 12.1 Å². The van der Waals surface area contributed by atoms with Crippen LogP contribution in [0.4, 0.5) is 10.5 Å². The summed E-state index contributed by atoms with van der Waals surface area (Å²) in [5, 5.41) is 23.4. The van der Waals surface area contributed by atoms with Gasteiger partial charge in [0.05, 0.1) is 11.0 Å². The Bertz CT molecular complexity index is 822. The second kappa shape index (κ2) is 6.80. The zero-order valence-corrected chi connectivity index (χ0v) is 13.8. The number of nitrogens with zero attached hydrogens (tertiary/aromatic N) is 2. The maximum absolute atomic E-state index is 12.5. The molecule has 0 aromatic heterocycles. The Morgan fingerprint density at radius 2 is 2.08 bits per heavy atom. The number of nitro benzene ring substituents is 1. The van der Waals surface area contributed by atoms with Crippen molar-refractivity contribution >= 4 is 11.7 Å². The first kappa shape index (κ1) is 16.8. The van der Waals surface area contributed by atoms with Crippen molar-refractivity contribution in [1.82, 2.24) is 10.2 Å². The number of nitrogens with one attached hydrogen (secondary N) is 1. The van der Waals surface area contributed by atoms with E-state index in [-0.39, 0.29) is 23.5 Å². The van der Waals surface area contributed by atoms with E-state index in [0.717, 1.165) is 17.5 Å². The van der Waals surface area contributed by atoms with Gasteiger partial charge >= 0.3 is 6.03 Å². The van der Waals surface area contributed by atoms with Crippen LogP contribution in [0, 0.1) is 10.1 Å². The first-order valence-electron chi connectivity index (χ1n) is 8.04. The van der Waals surface area contributed by atoms with Gasteiger partial charge in [-0.2, -0.15) is 0 Å². The molecule has 0 aliphatic carbocycles. The van der Waals surface area contributed by atoms with Crippen molar-refractivity contribution < 1.29 is 14.8 Å². The summed E-state index contributed by atoms with van der Waals surface area (Å²) in [7, 11) is 0. The Balaban J connectivity index is 1.68. The second-order valence-electron chi connectivity index (χ2n) is 6.15. The highest BCUT2D eigenvalue weighted by Crippen LogP contribution is 2.24. The molecule has 1 unspecified atom stereocenters. The van der Waals surface area contributed by atoms with Gasteiger partial charge in [-0.1, -0.05) is 18.2 Å². The molecule has 2 N–H and O–H groups in total. The zero-order valence-electron chi connectivity index (χ0n) is 13.8. The minimum atomic E-state index is -0.452. The molecule has 7 heteroatoms. The minimum absolute atomic E-state index is 0.000902. The van der Waals surface area contributed by atoms with Crippen LogP contribution in [0.15, 0.2) is 42.5 Å². The summed E-state index contributed by atoms with van der Waals surface area (Å²) in [6.45, 7) is 2.81. The Morgan fingerprint density at radius 1 is 1.28 bits per heavy atom. The number of benzene rings is 2. The molecule has 0 saturated heterocycles. The Hall–Kier alpha value is -3.09. The van der Waals surface area contributed by atoms with E-state index in [9.17, 15) is 20.0 Å². The number of nitro groups is 1. The molecule has 0 fully saturated rings. The maximum Gasteiger partial charge on any atom is 0.318 e. The number of carbonyl (C=O) groups is 1. The number of phenols is 1. The Morgan fingerprint density at radius 3 is 2.84 bits per heavy atom. The van der Waals surface area contributed by atoms with Crippen molar-refractivity contribution in [3.8, 4) is 5.75 Å². The zero-order chi connectivity index (χ0) is 18.0. The molecule has 1 heterocycles. The lowest BCUT2D eigenvalue weighted by molar-refractivity contribution is -0.384. The van der Waals surface area contributed by atoms with Crippen molar-refractivity contribution in [2.45, 2.75) is 25.9 Å². The van der Waals surface area contributed by atoms with Gasteiger partial charge in [-0.15, -0.1) is 0 Å². The standard InChI is InChI=1S/C18H19N3O4/c1-12(14-3-2-4-16(9-14)21(24)25)19-18(23)20-8-7-13-5-6-17(22)10-15(13)11-20/h2-6,9-10,12,22H,7-8,11H2,1H3,(H,19,23). The molecule has 0 spiro atoms. The molecular formula is C18H19N3O4. The molecule has 7 nitrogen and oxygen atoms in total. The van der Waals surface area contributed by atoms with Crippen LogP contribution in [0.3, 0.4) is 0 Å². The molecule has 2 amide bonds. The number of hydrogen-bond acceptors (Lipinski definition) is 4. The normalized spacial score (nSPS) is 14.5. The predicted molar refractivity (Wildman–Crippen MR) is 92.3 cm³/mol. The van der Waals surface area contributed by atoms with E-state index in [1.54, 1.807) is 36.1 Å². The van der Waals surface area contributed by atoms with Gasteiger partial charge in [-0.05, 0) is 42.2 Å². The van der Waals surface area contributed by atoms with E-state index in [4.69, 9.17) is 0 Å². The van der Waals surface area contributed by atoms with Crippen LogP contribution in [0.5, 0.6) is 5.75 Å². The fourth-order valence-corrected chi connectivity index (χ4v) is 2.98. The van der Waals surface area contributed by atoms with Crippen LogP contribution in [-0.2, 0) is 13.0 Å². The average Bonchev–Trinajstić information content (AvgIpc) is 2.61. The number of urea groups is 1. The number of fused-ring (bicyclic) bond motifs is 1. The van der Waals surface area contributed by atoms with Crippen LogP contribution in [-0.4, -0.2) is 27.5 Å². The average molecular weight is 341 g/mol. The number of hydrogen-bond donors (Lipinski definition) is 2. The number of aromatic hydroxyl groups is 1. The van der Waals surface area contributed by atoms with E-state index < -0.39 is 4.92 Å². The molecule has 0 bridgehead atoms. The third-order valence-electron chi connectivity index (χ3n) is 4.41. The minimum Gasteiger partial charge on any atom is -0.508 e. The maximum atomic E-state index is 12.5. The number of carbonyl (C=O) groups excluding carboxylic acids is 1. The predicted octanol–water partition coefficient (Wildman–Crippen LogP) is 3.13. The van der Waals surface area contributed by atoms with Crippen LogP contribution in [0.25, 0.3) is 0 Å². The number of phenolic OH excluding ortho intramolecular Hbond substituents is 1. The summed E-state index contributed by atoms with van der Waals surface area (Å²) in [5.41, 5.74) is 2.75. The van der Waals surface area contributed by atoms with Crippen LogP contribution >= 0.6 is 0 Å². The smallest absolute Gasteiger partial charge is 0.318 e. The highest BCUT2D eigenvalue weighted by molar-refractivity contribution is 5.75. The molecule has 1 aliphatic rings. The molecule has 2 aromatic rings. The van der Waals surface area contributed by atoms with Gasteiger partial charge in [-0.25, -0.2) is 4.79 Å². The monoisotopic (exact) mass is 341 g/mol. The van der Waals surface area contributed by atoms with Crippen molar-refractivity contribution in [3.05, 3.63) is 69.3 Å². The second-order valence-corrected chi connectivity index (χ2v) is 6.15. The van der Waals surface area contributed by atoms with Gasteiger partial charge in [0.2, 0.25) is 0 Å². The summed E-state index contributed by atoms with van der Waals surface area (Å²) in [6, 6.07) is 10.9. The van der Waals surface area contributed by atoms with Gasteiger partial charge in [0.15, 0.2) is 0 Å². The molecule has 1 atom stereocenters. The van der Waals surface area contributed by atoms with Crippen LogP contribution in [0.2, 0.25) is 0 Å². The SMILES string of the molecule is CC(NC(=O)N1CCc2ccc(O)cc2C1)c1cccc([N+](=O)[O-])c1. The van der Waals surface area contributed by atoms with E-state index in [0.29, 0.717) is 18.7 Å². The largest absolute Gasteiger partial charge is 0.508 e. The molecule has 0 saturated carbocycles. The fourth-order valence-electron chi connectivity index (χ4n) is 2.98. The number of rotatable bonds is 3. The van der Waals surface area contributed by atoms with Crippen molar-refractivity contribution in [2.75, 3.05) is 6.54 Å². The van der Waals surface area contributed by atoms with Crippen molar-refractivity contribution in [3.63, 3.8) is 0 Å². The summed E-state index contributed by atoms with van der Waals surface area (Å²) in [6.07, 6.45) is 0.730. The summed E-state index contributed by atoms with van der Waals surface area (Å²) >= 11 is 0. The van der Waals surface area contributed by atoms with Gasteiger partial charge in [0.1, 0.15) is 5.75 Å². The summed E-state index contributed by atoms with van der Waals surface area (Å²) < 4.78 is 0. The van der Waals surface area contributed by atoms with E-state index in [2.05, 4.69) is 5.32 Å². The topological polar surface area (TPSA) is 95.7 Å². The van der Waals surface area contributed by atoms with E-state index in [1.807, 2.05) is 6.07 Å². The first-order valence-corrected chi connectivity index (χ1v) is 8.04. The lowest BCUT2D eigenvalue weighted by atomic mass is 10.00. The van der Waals surface area contributed by atoms with Crippen molar-refractivity contribution in [2.24, 2.45) is 0 Å². The van der Waals surface area contributed by atoms with Gasteiger partial charge in [0.25, 0.3) is 5.69 Å². The van der Waals surface area contributed by atoms with Crippen LogP contribution in [0.1, 0.15) is 29.7 Å². The molecule has 1 aliphatic heterocycles. The fraction of sp³-hybridized carbons (Fsp3) is 0.278. The highest BCUT2D eigenvalue weighted by atomic mass is 16.6. The third kappa shape index (κ3) is 3.71. The summed E-state index contributed by atoms with van der Waals surface area (Å²) in [5.74, 6) is 0.186.